The SMILES string of the molecule is O=C1CC[C@@]2(CCOC2)CN1CCc1nc(-c2ccccc2)cs1. The van der Waals surface area contributed by atoms with Crippen molar-refractivity contribution in [3.63, 3.8) is 0 Å². The Morgan fingerprint density at radius 3 is 2.92 bits per heavy atom. The van der Waals surface area contributed by atoms with Gasteiger partial charge in [-0.1, -0.05) is 30.3 Å². The molecule has 0 saturated carbocycles. The van der Waals surface area contributed by atoms with E-state index in [-0.39, 0.29) is 11.3 Å². The summed E-state index contributed by atoms with van der Waals surface area (Å²) < 4.78 is 5.59. The van der Waals surface area contributed by atoms with Gasteiger partial charge in [-0.15, -0.1) is 11.3 Å². The van der Waals surface area contributed by atoms with Crippen LogP contribution in [0.2, 0.25) is 0 Å². The van der Waals surface area contributed by atoms with Gasteiger partial charge in [0.05, 0.1) is 17.3 Å². The maximum Gasteiger partial charge on any atom is 0.222 e. The highest BCUT2D eigenvalue weighted by Crippen LogP contribution is 2.38. The lowest BCUT2D eigenvalue weighted by Crippen LogP contribution is -2.47. The number of likely N-dealkylation sites (tertiary alicyclic amines) is 1. The third kappa shape index (κ3) is 3.23. The minimum atomic E-state index is 0.214. The molecule has 2 fully saturated rings. The highest BCUT2D eigenvalue weighted by molar-refractivity contribution is 7.09. The molecule has 3 heterocycles. The standard InChI is InChI=1S/C19H22N2O2S/c22-18-6-8-19(9-11-23-14-19)13-21(18)10-7-17-20-16(12-24-17)15-4-2-1-3-5-15/h1-5,12H,6-11,13-14H2/t19-/m1/s1. The van der Waals surface area contributed by atoms with E-state index in [2.05, 4.69) is 17.5 Å². The van der Waals surface area contributed by atoms with Gasteiger partial charge in [-0.3, -0.25) is 4.79 Å². The van der Waals surface area contributed by atoms with Crippen LogP contribution in [0.5, 0.6) is 0 Å². The van der Waals surface area contributed by atoms with Crippen LogP contribution < -0.4 is 0 Å². The van der Waals surface area contributed by atoms with Crippen molar-refractivity contribution in [2.45, 2.75) is 25.7 Å². The summed E-state index contributed by atoms with van der Waals surface area (Å²) in [6.07, 6.45) is 3.57. The highest BCUT2D eigenvalue weighted by atomic mass is 32.1. The molecule has 4 nitrogen and oxygen atoms in total. The molecule has 24 heavy (non-hydrogen) atoms. The summed E-state index contributed by atoms with van der Waals surface area (Å²) in [6, 6.07) is 10.2. The third-order valence-electron chi connectivity index (χ3n) is 5.15. The first-order valence-corrected chi connectivity index (χ1v) is 9.47. The summed E-state index contributed by atoms with van der Waals surface area (Å²) in [6.45, 7) is 3.27. The zero-order chi connectivity index (χ0) is 16.4. The number of hydrogen-bond donors (Lipinski definition) is 0. The number of amides is 1. The summed E-state index contributed by atoms with van der Waals surface area (Å²) in [4.78, 5) is 19.0. The summed E-state index contributed by atoms with van der Waals surface area (Å²) in [5.74, 6) is 0.285. The van der Waals surface area contributed by atoms with E-state index >= 15 is 0 Å². The number of thiazole rings is 1. The molecule has 0 unspecified atom stereocenters. The number of benzene rings is 1. The summed E-state index contributed by atoms with van der Waals surface area (Å²) in [5, 5.41) is 3.21. The topological polar surface area (TPSA) is 42.4 Å². The van der Waals surface area contributed by atoms with Gasteiger partial charge in [-0.25, -0.2) is 4.98 Å². The van der Waals surface area contributed by atoms with Gasteiger partial charge in [0.15, 0.2) is 0 Å². The van der Waals surface area contributed by atoms with Crippen LogP contribution in [-0.2, 0) is 16.0 Å². The van der Waals surface area contributed by atoms with Gasteiger partial charge in [-0.05, 0) is 12.8 Å². The van der Waals surface area contributed by atoms with Crippen LogP contribution in [0.1, 0.15) is 24.3 Å². The first kappa shape index (κ1) is 15.8. The van der Waals surface area contributed by atoms with Crippen LogP contribution in [0.15, 0.2) is 35.7 Å². The molecule has 4 rings (SSSR count). The predicted octanol–water partition coefficient (Wildman–Crippen LogP) is 3.38. The van der Waals surface area contributed by atoms with Crippen LogP contribution in [0.4, 0.5) is 0 Å². The van der Waals surface area contributed by atoms with E-state index in [4.69, 9.17) is 9.72 Å². The molecule has 1 aromatic heterocycles. The molecule has 126 valence electrons. The largest absolute Gasteiger partial charge is 0.381 e. The molecule has 1 spiro atoms. The number of ether oxygens (including phenoxy) is 1. The second kappa shape index (κ2) is 6.65. The molecule has 0 radical (unpaired) electrons. The van der Waals surface area contributed by atoms with Gasteiger partial charge >= 0.3 is 0 Å². The number of aromatic nitrogens is 1. The molecular formula is C19H22N2O2S. The average Bonchev–Trinajstić information content (AvgIpc) is 3.27. The monoisotopic (exact) mass is 342 g/mol. The Balaban J connectivity index is 1.39. The first-order chi connectivity index (χ1) is 11.7. The molecule has 2 aromatic rings. The van der Waals surface area contributed by atoms with Crippen molar-refractivity contribution in [2.75, 3.05) is 26.3 Å². The van der Waals surface area contributed by atoms with Crippen molar-refractivity contribution in [2.24, 2.45) is 5.41 Å². The fourth-order valence-corrected chi connectivity index (χ4v) is 4.47. The van der Waals surface area contributed by atoms with Gasteiger partial charge in [-0.2, -0.15) is 0 Å². The Hall–Kier alpha value is -1.72. The van der Waals surface area contributed by atoms with Crippen LogP contribution in [0.25, 0.3) is 11.3 Å². The van der Waals surface area contributed by atoms with Gasteiger partial charge in [0, 0.05) is 48.9 Å². The number of rotatable bonds is 4. The average molecular weight is 342 g/mol. The first-order valence-electron chi connectivity index (χ1n) is 8.60. The highest BCUT2D eigenvalue weighted by Gasteiger charge is 2.41. The van der Waals surface area contributed by atoms with E-state index in [1.807, 2.05) is 23.1 Å². The maximum atomic E-state index is 12.3. The van der Waals surface area contributed by atoms with Gasteiger partial charge in [0.25, 0.3) is 0 Å². The van der Waals surface area contributed by atoms with E-state index < -0.39 is 0 Å². The molecule has 2 aliphatic heterocycles. The molecule has 0 bridgehead atoms. The zero-order valence-electron chi connectivity index (χ0n) is 13.7. The lowest BCUT2D eigenvalue weighted by molar-refractivity contribution is -0.137. The Kier molecular flexibility index (Phi) is 4.37. The van der Waals surface area contributed by atoms with Crippen LogP contribution in [-0.4, -0.2) is 42.1 Å². The molecule has 1 aromatic carbocycles. The molecule has 1 amide bonds. The van der Waals surface area contributed by atoms with Gasteiger partial charge < -0.3 is 9.64 Å². The molecule has 1 atom stereocenters. The minimum Gasteiger partial charge on any atom is -0.381 e. The normalized spacial score (nSPS) is 24.0. The number of carbonyl (C=O) groups is 1. The Morgan fingerprint density at radius 1 is 1.25 bits per heavy atom. The fourth-order valence-electron chi connectivity index (χ4n) is 3.68. The van der Waals surface area contributed by atoms with Crippen LogP contribution in [0.3, 0.4) is 0 Å². The van der Waals surface area contributed by atoms with Crippen LogP contribution >= 0.6 is 11.3 Å². The van der Waals surface area contributed by atoms with Gasteiger partial charge in [0.1, 0.15) is 0 Å². The lowest BCUT2D eigenvalue weighted by atomic mass is 9.79. The van der Waals surface area contributed by atoms with E-state index in [1.54, 1.807) is 11.3 Å². The van der Waals surface area contributed by atoms with Gasteiger partial charge in [0.2, 0.25) is 5.91 Å². The zero-order valence-corrected chi connectivity index (χ0v) is 14.6. The molecule has 5 heteroatoms. The maximum absolute atomic E-state index is 12.3. The van der Waals surface area contributed by atoms with E-state index in [1.165, 1.54) is 0 Å². The van der Waals surface area contributed by atoms with Crippen molar-refractivity contribution in [3.05, 3.63) is 40.7 Å². The molecule has 0 N–H and O–H groups in total. The van der Waals surface area contributed by atoms with E-state index in [0.717, 1.165) is 61.8 Å². The Morgan fingerprint density at radius 2 is 2.12 bits per heavy atom. The van der Waals surface area contributed by atoms with Crippen molar-refractivity contribution in [1.82, 2.24) is 9.88 Å². The Bertz CT molecular complexity index is 707. The third-order valence-corrected chi connectivity index (χ3v) is 6.06. The molecule has 0 aliphatic carbocycles. The Labute approximate surface area is 146 Å². The molecule has 2 saturated heterocycles. The van der Waals surface area contributed by atoms with Crippen LogP contribution in [0, 0.1) is 5.41 Å². The quantitative estimate of drug-likeness (QED) is 0.855. The summed E-state index contributed by atoms with van der Waals surface area (Å²) in [5.41, 5.74) is 2.39. The summed E-state index contributed by atoms with van der Waals surface area (Å²) >= 11 is 1.68. The smallest absolute Gasteiger partial charge is 0.222 e. The van der Waals surface area contributed by atoms with Crippen molar-refractivity contribution in [1.29, 1.82) is 0 Å². The molecule has 2 aliphatic rings. The predicted molar refractivity (Wildman–Crippen MR) is 94.9 cm³/mol. The second-order valence-electron chi connectivity index (χ2n) is 6.86. The fraction of sp³-hybridized carbons (Fsp3) is 0.474. The van der Waals surface area contributed by atoms with E-state index in [0.29, 0.717) is 6.42 Å². The van der Waals surface area contributed by atoms with Crippen molar-refractivity contribution in [3.8, 4) is 11.3 Å². The second-order valence-corrected chi connectivity index (χ2v) is 7.80. The minimum absolute atomic E-state index is 0.214. The number of carbonyl (C=O) groups excluding carboxylic acids is 1. The van der Waals surface area contributed by atoms with Crippen molar-refractivity contribution < 1.29 is 9.53 Å². The number of nitrogens with zero attached hydrogens (tertiary/aromatic N) is 2. The summed E-state index contributed by atoms with van der Waals surface area (Å²) in [7, 11) is 0. The van der Waals surface area contributed by atoms with Crippen molar-refractivity contribution >= 4 is 17.2 Å². The lowest BCUT2D eigenvalue weighted by Gasteiger charge is -2.39. The number of hydrogen-bond acceptors (Lipinski definition) is 4. The van der Waals surface area contributed by atoms with E-state index in [9.17, 15) is 4.79 Å². The number of piperidine rings is 1. The molecular weight excluding hydrogens is 320 g/mol.